The van der Waals surface area contributed by atoms with E-state index in [1.807, 2.05) is 30.9 Å². The molecule has 2 atom stereocenters. The molecule has 126 valence electrons. The Morgan fingerprint density at radius 2 is 2.21 bits per heavy atom. The van der Waals surface area contributed by atoms with Crippen LogP contribution in [0, 0.1) is 0 Å². The molecule has 1 amide bonds. The van der Waals surface area contributed by atoms with Crippen LogP contribution in [0.1, 0.15) is 55.9 Å². The van der Waals surface area contributed by atoms with Gasteiger partial charge in [-0.3, -0.25) is 4.79 Å². The van der Waals surface area contributed by atoms with Gasteiger partial charge in [0.1, 0.15) is 0 Å². The first kappa shape index (κ1) is 15.7. The number of nitrogens with zero attached hydrogens (tertiary/aromatic N) is 3. The second kappa shape index (κ2) is 6.24. The lowest BCUT2D eigenvalue weighted by Crippen LogP contribution is -2.37. The molecular formula is C18H21N3O2S. The highest BCUT2D eigenvalue weighted by Crippen LogP contribution is 2.40. The maximum Gasteiger partial charge on any atom is 0.237 e. The van der Waals surface area contributed by atoms with Crippen molar-refractivity contribution in [2.75, 3.05) is 6.54 Å². The van der Waals surface area contributed by atoms with Crippen LogP contribution in [-0.2, 0) is 11.2 Å². The predicted octanol–water partition coefficient (Wildman–Crippen LogP) is 3.57. The van der Waals surface area contributed by atoms with Gasteiger partial charge >= 0.3 is 0 Å². The Morgan fingerprint density at radius 1 is 1.38 bits per heavy atom. The molecule has 5 nitrogen and oxygen atoms in total. The van der Waals surface area contributed by atoms with Crippen LogP contribution in [0.25, 0.3) is 0 Å². The van der Waals surface area contributed by atoms with Crippen LogP contribution in [-0.4, -0.2) is 32.7 Å². The van der Waals surface area contributed by atoms with Crippen LogP contribution < -0.4 is 0 Å². The minimum Gasteiger partial charge on any atom is -0.339 e. The van der Waals surface area contributed by atoms with E-state index < -0.39 is 0 Å². The van der Waals surface area contributed by atoms with E-state index in [-0.39, 0.29) is 23.1 Å². The zero-order valence-electron chi connectivity index (χ0n) is 13.9. The van der Waals surface area contributed by atoms with Crippen LogP contribution >= 0.6 is 11.8 Å². The Balaban J connectivity index is 1.51. The first-order valence-corrected chi connectivity index (χ1v) is 9.40. The third-order valence-corrected chi connectivity index (χ3v) is 6.01. The van der Waals surface area contributed by atoms with Gasteiger partial charge in [-0.1, -0.05) is 37.2 Å². The van der Waals surface area contributed by atoms with E-state index in [9.17, 15) is 4.79 Å². The summed E-state index contributed by atoms with van der Waals surface area (Å²) >= 11 is 1.68. The van der Waals surface area contributed by atoms with E-state index in [2.05, 4.69) is 22.3 Å². The lowest BCUT2D eigenvalue weighted by molar-refractivity contribution is -0.131. The average Bonchev–Trinajstić information content (AvgIpc) is 3.30. The summed E-state index contributed by atoms with van der Waals surface area (Å²) in [6.45, 7) is 4.84. The highest BCUT2D eigenvalue weighted by atomic mass is 32.2. The summed E-state index contributed by atoms with van der Waals surface area (Å²) in [5.74, 6) is 1.71. The van der Waals surface area contributed by atoms with Gasteiger partial charge in [0, 0.05) is 17.4 Å². The van der Waals surface area contributed by atoms with Crippen molar-refractivity contribution in [2.45, 2.75) is 55.2 Å². The lowest BCUT2D eigenvalue weighted by Gasteiger charge is -2.25. The third-order valence-electron chi connectivity index (χ3n) is 4.71. The van der Waals surface area contributed by atoms with Crippen molar-refractivity contribution >= 4 is 17.7 Å². The molecule has 6 heteroatoms. The number of fused-ring (bicyclic) bond motifs is 1. The van der Waals surface area contributed by atoms with Gasteiger partial charge in [0.15, 0.2) is 5.82 Å². The monoisotopic (exact) mass is 343 g/mol. The summed E-state index contributed by atoms with van der Waals surface area (Å²) in [7, 11) is 0. The van der Waals surface area contributed by atoms with Gasteiger partial charge in [0.05, 0.1) is 11.3 Å². The summed E-state index contributed by atoms with van der Waals surface area (Å²) < 4.78 is 5.34. The Hall–Kier alpha value is -1.82. The number of hydrogen-bond acceptors (Lipinski definition) is 5. The fourth-order valence-corrected chi connectivity index (χ4v) is 4.69. The van der Waals surface area contributed by atoms with Crippen LogP contribution in [0.2, 0.25) is 0 Å². The first-order chi connectivity index (χ1) is 11.6. The summed E-state index contributed by atoms with van der Waals surface area (Å²) in [5.41, 5.74) is 1.28. The van der Waals surface area contributed by atoms with E-state index in [0.29, 0.717) is 11.7 Å². The molecule has 2 aliphatic rings. The summed E-state index contributed by atoms with van der Waals surface area (Å²) in [6.07, 6.45) is 2.71. The van der Waals surface area contributed by atoms with E-state index in [1.54, 1.807) is 11.8 Å². The number of amides is 1. The number of aromatic nitrogens is 2. The molecule has 4 rings (SSSR count). The molecule has 2 aromatic rings. The molecule has 0 spiro atoms. The minimum absolute atomic E-state index is 0.0283. The van der Waals surface area contributed by atoms with Gasteiger partial charge in [0.25, 0.3) is 0 Å². The molecule has 1 fully saturated rings. The first-order valence-electron chi connectivity index (χ1n) is 8.52. The van der Waals surface area contributed by atoms with E-state index in [0.717, 1.165) is 25.8 Å². The zero-order chi connectivity index (χ0) is 16.7. The van der Waals surface area contributed by atoms with Crippen molar-refractivity contribution in [3.8, 4) is 0 Å². The number of benzene rings is 1. The smallest absolute Gasteiger partial charge is 0.237 e. The molecule has 0 radical (unpaired) electrons. The Kier molecular flexibility index (Phi) is 4.08. The minimum atomic E-state index is -0.0435. The molecule has 0 saturated carbocycles. The van der Waals surface area contributed by atoms with Crippen molar-refractivity contribution in [1.82, 2.24) is 15.0 Å². The molecular weight excluding hydrogens is 322 g/mol. The van der Waals surface area contributed by atoms with Gasteiger partial charge in [-0.25, -0.2) is 0 Å². The summed E-state index contributed by atoms with van der Waals surface area (Å²) in [4.78, 5) is 20.8. The average molecular weight is 343 g/mol. The fraction of sp³-hybridized carbons (Fsp3) is 0.500. The van der Waals surface area contributed by atoms with Crippen molar-refractivity contribution in [1.29, 1.82) is 0 Å². The van der Waals surface area contributed by atoms with Crippen LogP contribution in [0.4, 0.5) is 0 Å². The normalized spacial score (nSPS) is 23.0. The lowest BCUT2D eigenvalue weighted by atomic mass is 10.1. The second-order valence-electron chi connectivity index (χ2n) is 6.75. The third kappa shape index (κ3) is 2.73. The molecule has 0 bridgehead atoms. The number of hydrogen-bond donors (Lipinski definition) is 0. The quantitative estimate of drug-likeness (QED) is 0.852. The van der Waals surface area contributed by atoms with Crippen LogP contribution in [0.3, 0.4) is 0 Å². The molecule has 24 heavy (non-hydrogen) atoms. The topological polar surface area (TPSA) is 59.2 Å². The number of thioether (sulfide) groups is 1. The van der Waals surface area contributed by atoms with Crippen molar-refractivity contribution < 1.29 is 9.32 Å². The number of carbonyl (C=O) groups excluding carboxylic acids is 1. The molecule has 0 aliphatic carbocycles. The standard InChI is InChI=1S/C18H21N3O2S/c1-11(2)17-19-16(20-23-17)13-7-5-9-21(13)18(22)15-10-12-6-3-4-8-14(12)24-15/h3-4,6,8,11,13,15H,5,7,9-10H2,1-2H3. The fourth-order valence-electron chi connectivity index (χ4n) is 3.42. The van der Waals surface area contributed by atoms with Gasteiger partial charge in [-0.15, -0.1) is 11.8 Å². The summed E-state index contributed by atoms with van der Waals surface area (Å²) in [5, 5.41) is 4.10. The largest absolute Gasteiger partial charge is 0.339 e. The van der Waals surface area contributed by atoms with Crippen molar-refractivity contribution in [3.63, 3.8) is 0 Å². The SMILES string of the molecule is CC(C)c1nc(C2CCCN2C(=O)C2Cc3ccccc3S2)no1. The highest BCUT2D eigenvalue weighted by Gasteiger charge is 2.39. The molecule has 2 unspecified atom stereocenters. The number of carbonyl (C=O) groups is 1. The predicted molar refractivity (Wildman–Crippen MR) is 91.9 cm³/mol. The maximum atomic E-state index is 13.1. The Morgan fingerprint density at radius 3 is 2.96 bits per heavy atom. The van der Waals surface area contributed by atoms with E-state index in [4.69, 9.17) is 4.52 Å². The second-order valence-corrected chi connectivity index (χ2v) is 8.00. The van der Waals surface area contributed by atoms with Crippen molar-refractivity contribution in [3.05, 3.63) is 41.5 Å². The Labute approximate surface area is 145 Å². The van der Waals surface area contributed by atoms with Gasteiger partial charge < -0.3 is 9.42 Å². The molecule has 3 heterocycles. The molecule has 1 aromatic carbocycles. The van der Waals surface area contributed by atoms with Crippen molar-refractivity contribution in [2.24, 2.45) is 0 Å². The van der Waals surface area contributed by atoms with Gasteiger partial charge in [0.2, 0.25) is 11.8 Å². The highest BCUT2D eigenvalue weighted by molar-refractivity contribution is 8.01. The molecule has 2 aliphatic heterocycles. The van der Waals surface area contributed by atoms with E-state index in [1.165, 1.54) is 10.5 Å². The van der Waals surface area contributed by atoms with Crippen LogP contribution in [0.15, 0.2) is 33.7 Å². The van der Waals surface area contributed by atoms with Gasteiger partial charge in [-0.2, -0.15) is 4.98 Å². The van der Waals surface area contributed by atoms with E-state index >= 15 is 0 Å². The number of rotatable bonds is 3. The van der Waals surface area contributed by atoms with Gasteiger partial charge in [-0.05, 0) is 30.9 Å². The molecule has 1 aromatic heterocycles. The zero-order valence-corrected chi connectivity index (χ0v) is 14.8. The number of likely N-dealkylation sites (tertiary alicyclic amines) is 1. The molecule has 0 N–H and O–H groups in total. The maximum absolute atomic E-state index is 13.1. The molecule has 1 saturated heterocycles. The van der Waals surface area contributed by atoms with Crippen LogP contribution in [0.5, 0.6) is 0 Å². The summed E-state index contributed by atoms with van der Waals surface area (Å²) in [6, 6.07) is 8.24. The Bertz CT molecular complexity index is 733.